The summed E-state index contributed by atoms with van der Waals surface area (Å²) in [6.45, 7) is 5.93. The van der Waals surface area contributed by atoms with Gasteiger partial charge in [0.25, 0.3) is 0 Å². The zero-order chi connectivity index (χ0) is 13.0. The van der Waals surface area contributed by atoms with E-state index in [0.29, 0.717) is 0 Å². The highest BCUT2D eigenvalue weighted by atomic mass is 79.9. The molecule has 2 rings (SSSR count). The van der Waals surface area contributed by atoms with Crippen LogP contribution in [0.15, 0.2) is 27.6 Å². The summed E-state index contributed by atoms with van der Waals surface area (Å²) in [7, 11) is 0. The van der Waals surface area contributed by atoms with Gasteiger partial charge in [-0.2, -0.15) is 0 Å². The van der Waals surface area contributed by atoms with E-state index in [1.807, 2.05) is 16.9 Å². The number of aromatic nitrogens is 3. The number of aryl methyl sites for hydroxylation is 1. The minimum absolute atomic E-state index is 0.0460. The van der Waals surface area contributed by atoms with E-state index in [-0.39, 0.29) is 6.04 Å². The molecule has 6 heteroatoms. The Morgan fingerprint density at radius 2 is 2.33 bits per heavy atom. The molecule has 0 amide bonds. The number of nitrogens with zero attached hydrogens (tertiary/aromatic N) is 3. The van der Waals surface area contributed by atoms with Crippen LogP contribution in [0.4, 0.5) is 0 Å². The number of hydrogen-bond acceptors (Lipinski definition) is 4. The smallest absolute Gasteiger partial charge is 0.174 e. The molecular formula is C12H17BrN4O. The molecule has 0 bridgehead atoms. The van der Waals surface area contributed by atoms with Crippen molar-refractivity contribution in [3.8, 4) is 0 Å². The van der Waals surface area contributed by atoms with Crippen LogP contribution >= 0.6 is 15.9 Å². The van der Waals surface area contributed by atoms with Gasteiger partial charge in [0, 0.05) is 12.1 Å². The first-order valence-electron chi connectivity index (χ1n) is 6.12. The predicted octanol–water partition coefficient (Wildman–Crippen LogP) is 2.74. The first-order valence-corrected chi connectivity index (χ1v) is 6.91. The lowest BCUT2D eigenvalue weighted by Gasteiger charge is -2.17. The van der Waals surface area contributed by atoms with Crippen molar-refractivity contribution in [1.29, 1.82) is 0 Å². The molecule has 0 radical (unpaired) electrons. The normalized spacial score (nSPS) is 12.8. The summed E-state index contributed by atoms with van der Waals surface area (Å²) < 4.78 is 8.00. The number of furan rings is 1. The van der Waals surface area contributed by atoms with Gasteiger partial charge in [0.1, 0.15) is 0 Å². The second-order valence-electron chi connectivity index (χ2n) is 4.02. The monoisotopic (exact) mass is 312 g/mol. The standard InChI is InChI=1S/C12H17BrN4O/c1-3-6-17-10(8-15-16-17)11(14-4-2)9-5-7-18-12(9)13/h5,7-8,11,14H,3-4,6H2,1-2H3. The van der Waals surface area contributed by atoms with Crippen LogP contribution in [0.5, 0.6) is 0 Å². The summed E-state index contributed by atoms with van der Waals surface area (Å²) in [5, 5.41) is 11.6. The van der Waals surface area contributed by atoms with E-state index in [2.05, 4.69) is 45.4 Å². The molecule has 1 atom stereocenters. The lowest BCUT2D eigenvalue weighted by Crippen LogP contribution is -2.24. The number of rotatable bonds is 6. The zero-order valence-electron chi connectivity index (χ0n) is 10.6. The quantitative estimate of drug-likeness (QED) is 0.891. The van der Waals surface area contributed by atoms with E-state index in [9.17, 15) is 0 Å². The molecule has 1 N–H and O–H groups in total. The second kappa shape index (κ2) is 6.15. The van der Waals surface area contributed by atoms with Crippen LogP contribution in [0.1, 0.15) is 37.6 Å². The maximum absolute atomic E-state index is 5.32. The van der Waals surface area contributed by atoms with Gasteiger partial charge in [0.05, 0.1) is 24.2 Å². The molecule has 0 aliphatic rings. The molecule has 18 heavy (non-hydrogen) atoms. The minimum atomic E-state index is 0.0460. The summed E-state index contributed by atoms with van der Waals surface area (Å²) in [4.78, 5) is 0. The summed E-state index contributed by atoms with van der Waals surface area (Å²) in [6.07, 6.45) is 4.52. The van der Waals surface area contributed by atoms with Crippen molar-refractivity contribution >= 4 is 15.9 Å². The average Bonchev–Trinajstić information content (AvgIpc) is 2.96. The third kappa shape index (κ3) is 2.64. The SMILES string of the molecule is CCCn1nncc1C(NCC)c1ccoc1Br. The van der Waals surface area contributed by atoms with E-state index in [4.69, 9.17) is 4.42 Å². The summed E-state index contributed by atoms with van der Waals surface area (Å²) in [5.41, 5.74) is 2.12. The van der Waals surface area contributed by atoms with Crippen molar-refractivity contribution < 1.29 is 4.42 Å². The lowest BCUT2D eigenvalue weighted by atomic mass is 10.1. The molecule has 0 aromatic carbocycles. The Morgan fingerprint density at radius 3 is 2.94 bits per heavy atom. The van der Waals surface area contributed by atoms with Gasteiger partial charge >= 0.3 is 0 Å². The molecule has 0 saturated carbocycles. The largest absolute Gasteiger partial charge is 0.457 e. The molecule has 2 aromatic heterocycles. The molecule has 2 aromatic rings. The van der Waals surface area contributed by atoms with E-state index in [1.54, 1.807) is 6.26 Å². The van der Waals surface area contributed by atoms with Gasteiger partial charge in [0.15, 0.2) is 4.67 Å². The molecule has 1 unspecified atom stereocenters. The third-order valence-corrected chi connectivity index (χ3v) is 3.39. The van der Waals surface area contributed by atoms with Crippen LogP contribution in [0, 0.1) is 0 Å². The molecule has 0 saturated heterocycles. The molecule has 98 valence electrons. The summed E-state index contributed by atoms with van der Waals surface area (Å²) in [6, 6.07) is 2.01. The highest BCUT2D eigenvalue weighted by Crippen LogP contribution is 2.29. The molecule has 0 spiro atoms. The highest BCUT2D eigenvalue weighted by Gasteiger charge is 2.21. The van der Waals surface area contributed by atoms with Gasteiger partial charge in [-0.15, -0.1) is 5.10 Å². The number of hydrogen-bond donors (Lipinski definition) is 1. The Bertz CT molecular complexity index is 494. The topological polar surface area (TPSA) is 55.9 Å². The maximum atomic E-state index is 5.32. The molecule has 5 nitrogen and oxygen atoms in total. The molecule has 0 fully saturated rings. The van der Waals surface area contributed by atoms with E-state index >= 15 is 0 Å². The van der Waals surface area contributed by atoms with Crippen molar-refractivity contribution in [3.63, 3.8) is 0 Å². The first kappa shape index (κ1) is 13.3. The zero-order valence-corrected chi connectivity index (χ0v) is 12.1. The number of halogens is 1. The van der Waals surface area contributed by atoms with E-state index in [0.717, 1.165) is 35.4 Å². The Hall–Kier alpha value is -1.14. The molecule has 2 heterocycles. The predicted molar refractivity (Wildman–Crippen MR) is 72.2 cm³/mol. The summed E-state index contributed by atoms with van der Waals surface area (Å²) >= 11 is 3.43. The van der Waals surface area contributed by atoms with Crippen molar-refractivity contribution in [2.24, 2.45) is 0 Å². The van der Waals surface area contributed by atoms with Crippen LogP contribution in [0.25, 0.3) is 0 Å². The maximum Gasteiger partial charge on any atom is 0.174 e. The van der Waals surface area contributed by atoms with Crippen LogP contribution in [0.2, 0.25) is 0 Å². The van der Waals surface area contributed by atoms with Crippen LogP contribution in [0.3, 0.4) is 0 Å². The average molecular weight is 313 g/mol. The fourth-order valence-electron chi connectivity index (χ4n) is 1.96. The highest BCUT2D eigenvalue weighted by molar-refractivity contribution is 9.10. The van der Waals surface area contributed by atoms with Gasteiger partial charge in [-0.3, -0.25) is 0 Å². The van der Waals surface area contributed by atoms with Crippen molar-refractivity contribution in [2.75, 3.05) is 6.54 Å². The lowest BCUT2D eigenvalue weighted by molar-refractivity contribution is 0.497. The van der Waals surface area contributed by atoms with E-state index < -0.39 is 0 Å². The molecule has 0 aliphatic heterocycles. The fraction of sp³-hybridized carbons (Fsp3) is 0.500. The van der Waals surface area contributed by atoms with Crippen LogP contribution in [-0.2, 0) is 6.54 Å². The Balaban J connectivity index is 2.35. The van der Waals surface area contributed by atoms with Gasteiger partial charge in [-0.1, -0.05) is 19.1 Å². The van der Waals surface area contributed by atoms with Gasteiger partial charge < -0.3 is 9.73 Å². The fourth-order valence-corrected chi connectivity index (χ4v) is 2.43. The number of nitrogens with one attached hydrogen (secondary N) is 1. The van der Waals surface area contributed by atoms with Gasteiger partial charge in [-0.25, -0.2) is 4.68 Å². The summed E-state index contributed by atoms with van der Waals surface area (Å²) in [5.74, 6) is 0. The Labute approximate surface area is 115 Å². The van der Waals surface area contributed by atoms with E-state index in [1.165, 1.54) is 0 Å². The van der Waals surface area contributed by atoms with Crippen molar-refractivity contribution in [2.45, 2.75) is 32.9 Å². The molecule has 0 aliphatic carbocycles. The van der Waals surface area contributed by atoms with Crippen molar-refractivity contribution in [3.05, 3.63) is 34.5 Å². The Morgan fingerprint density at radius 1 is 1.50 bits per heavy atom. The first-order chi connectivity index (χ1) is 8.77. The van der Waals surface area contributed by atoms with Crippen LogP contribution in [-0.4, -0.2) is 21.5 Å². The van der Waals surface area contributed by atoms with Gasteiger partial charge in [0.2, 0.25) is 0 Å². The second-order valence-corrected chi connectivity index (χ2v) is 4.74. The Kier molecular flexibility index (Phi) is 4.54. The minimum Gasteiger partial charge on any atom is -0.457 e. The molecular weight excluding hydrogens is 296 g/mol. The van der Waals surface area contributed by atoms with Crippen LogP contribution < -0.4 is 5.32 Å². The third-order valence-electron chi connectivity index (χ3n) is 2.74. The van der Waals surface area contributed by atoms with Gasteiger partial charge in [-0.05, 0) is 35.0 Å². The van der Waals surface area contributed by atoms with Crippen molar-refractivity contribution in [1.82, 2.24) is 20.3 Å².